The van der Waals surface area contributed by atoms with Crippen molar-refractivity contribution in [3.05, 3.63) is 48.0 Å². The maximum absolute atomic E-state index is 13.3. The number of fused-ring (bicyclic) bond motifs is 2. The summed E-state index contributed by atoms with van der Waals surface area (Å²) in [5.41, 5.74) is 0.517. The highest BCUT2D eigenvalue weighted by Gasteiger charge is 2.47. The Bertz CT molecular complexity index is 1080. The Labute approximate surface area is 182 Å². The second-order valence-corrected chi connectivity index (χ2v) is 10.1. The largest absolute Gasteiger partial charge is 0.483 e. The van der Waals surface area contributed by atoms with Crippen LogP contribution in [0.15, 0.2) is 47.4 Å². The third-order valence-electron chi connectivity index (χ3n) is 6.04. The summed E-state index contributed by atoms with van der Waals surface area (Å²) in [7, 11) is -2.08. The van der Waals surface area contributed by atoms with Crippen molar-refractivity contribution in [2.24, 2.45) is 0 Å². The zero-order valence-electron chi connectivity index (χ0n) is 17.5. The van der Waals surface area contributed by atoms with Gasteiger partial charge in [-0.05, 0) is 29.8 Å². The van der Waals surface area contributed by atoms with Gasteiger partial charge in [0, 0.05) is 39.7 Å². The van der Waals surface area contributed by atoms with Crippen LogP contribution in [0, 0.1) is 0 Å². The topological polar surface area (TPSA) is 77.5 Å². The molecule has 1 atom stereocenters. The molecule has 2 aromatic rings. The second-order valence-electron chi connectivity index (χ2n) is 8.21. The summed E-state index contributed by atoms with van der Waals surface area (Å²) >= 11 is 0. The number of nitrogens with zero attached hydrogens (tertiary/aromatic N) is 2. The van der Waals surface area contributed by atoms with Crippen LogP contribution < -0.4 is 14.2 Å². The molecule has 31 heavy (non-hydrogen) atoms. The van der Waals surface area contributed by atoms with E-state index in [1.807, 2.05) is 24.3 Å². The molecule has 3 aliphatic rings. The van der Waals surface area contributed by atoms with Gasteiger partial charge in [0.15, 0.2) is 11.5 Å². The fraction of sp³-hybridized carbons (Fsp3) is 0.455. The van der Waals surface area contributed by atoms with Crippen LogP contribution in [0.3, 0.4) is 0 Å². The van der Waals surface area contributed by atoms with Gasteiger partial charge in [-0.2, -0.15) is 4.31 Å². The lowest BCUT2D eigenvalue weighted by Crippen LogP contribution is -2.49. The summed E-state index contributed by atoms with van der Waals surface area (Å²) in [6.45, 7) is 3.35. The van der Waals surface area contributed by atoms with Gasteiger partial charge in [-0.15, -0.1) is 0 Å². The summed E-state index contributed by atoms with van der Waals surface area (Å²) in [5.74, 6) is 1.96. The molecule has 1 fully saturated rings. The van der Waals surface area contributed by atoms with E-state index < -0.39 is 15.6 Å². The molecule has 8 nitrogen and oxygen atoms in total. The Morgan fingerprint density at radius 1 is 1.06 bits per heavy atom. The molecule has 2 aromatic carbocycles. The molecule has 0 N–H and O–H groups in total. The van der Waals surface area contributed by atoms with Crippen molar-refractivity contribution in [1.82, 2.24) is 9.21 Å². The van der Waals surface area contributed by atoms with Crippen LogP contribution in [-0.2, 0) is 21.3 Å². The van der Waals surface area contributed by atoms with Crippen LogP contribution in [0.1, 0.15) is 12.0 Å². The van der Waals surface area contributed by atoms with Crippen LogP contribution in [0.25, 0.3) is 0 Å². The molecule has 0 bridgehead atoms. The summed E-state index contributed by atoms with van der Waals surface area (Å²) in [6, 6.07) is 12.9. The number of hydrogen-bond acceptors (Lipinski definition) is 7. The van der Waals surface area contributed by atoms with Crippen molar-refractivity contribution in [1.29, 1.82) is 0 Å². The first-order valence-electron chi connectivity index (χ1n) is 10.4. The van der Waals surface area contributed by atoms with Crippen LogP contribution >= 0.6 is 0 Å². The highest BCUT2D eigenvalue weighted by atomic mass is 32.2. The average molecular weight is 447 g/mol. The fourth-order valence-electron chi connectivity index (χ4n) is 4.52. The molecule has 3 aliphatic heterocycles. The van der Waals surface area contributed by atoms with Crippen LogP contribution in [0.5, 0.6) is 17.2 Å². The van der Waals surface area contributed by atoms with Crippen LogP contribution in [0.4, 0.5) is 0 Å². The Morgan fingerprint density at radius 2 is 1.90 bits per heavy atom. The number of para-hydroxylation sites is 1. The zero-order valence-corrected chi connectivity index (χ0v) is 18.3. The van der Waals surface area contributed by atoms with Crippen molar-refractivity contribution in [2.75, 3.05) is 46.7 Å². The van der Waals surface area contributed by atoms with Gasteiger partial charge >= 0.3 is 0 Å². The van der Waals surface area contributed by atoms with E-state index >= 15 is 0 Å². The van der Waals surface area contributed by atoms with Gasteiger partial charge in [0.05, 0.1) is 13.2 Å². The first-order chi connectivity index (χ1) is 15.0. The molecular weight excluding hydrogens is 420 g/mol. The molecule has 1 saturated heterocycles. The average Bonchev–Trinajstić information content (AvgIpc) is 3.36. The molecule has 0 radical (unpaired) electrons. The molecule has 3 heterocycles. The van der Waals surface area contributed by atoms with Gasteiger partial charge in [-0.1, -0.05) is 18.2 Å². The van der Waals surface area contributed by atoms with Crippen molar-refractivity contribution in [3.8, 4) is 17.2 Å². The van der Waals surface area contributed by atoms with Crippen LogP contribution in [0.2, 0.25) is 0 Å². The van der Waals surface area contributed by atoms with Crippen molar-refractivity contribution in [2.45, 2.75) is 23.5 Å². The standard InChI is InChI=1S/C22H26N2O6S/c1-27-11-10-24-15-22(30-19-4-2-3-5-21(19)31(24,25)26)8-9-23(14-22)13-17-6-7-18-20(12-17)29-16-28-18/h2-7,12H,8-11,13-16H2,1H3/t22-/m1/s1. The van der Waals surface area contributed by atoms with Crippen LogP contribution in [-0.4, -0.2) is 69.9 Å². The summed E-state index contributed by atoms with van der Waals surface area (Å²) < 4.78 is 50.6. The molecule has 1 spiro atoms. The molecule has 0 unspecified atom stereocenters. The number of ether oxygens (including phenoxy) is 4. The van der Waals surface area contributed by atoms with Gasteiger partial charge in [0.25, 0.3) is 0 Å². The van der Waals surface area contributed by atoms with E-state index in [2.05, 4.69) is 4.90 Å². The maximum Gasteiger partial charge on any atom is 0.246 e. The highest BCUT2D eigenvalue weighted by Crippen LogP contribution is 2.39. The third-order valence-corrected chi connectivity index (χ3v) is 7.93. The SMILES string of the molecule is COCCN1C[C@]2(CCN(Cc3ccc4c(c3)OCO4)C2)Oc2ccccc2S1(=O)=O. The van der Waals surface area contributed by atoms with E-state index in [0.29, 0.717) is 32.0 Å². The smallest absolute Gasteiger partial charge is 0.246 e. The van der Waals surface area contributed by atoms with Gasteiger partial charge in [0.1, 0.15) is 16.2 Å². The molecular formula is C22H26N2O6S. The molecule has 0 aliphatic carbocycles. The summed E-state index contributed by atoms with van der Waals surface area (Å²) in [4.78, 5) is 2.52. The number of sulfonamides is 1. The van der Waals surface area contributed by atoms with Gasteiger partial charge in [-0.3, -0.25) is 4.90 Å². The Hall–Kier alpha value is -2.33. The highest BCUT2D eigenvalue weighted by molar-refractivity contribution is 7.89. The predicted molar refractivity (Wildman–Crippen MR) is 113 cm³/mol. The number of methoxy groups -OCH3 is 1. The fourth-order valence-corrected chi connectivity index (χ4v) is 6.14. The lowest BCUT2D eigenvalue weighted by atomic mass is 10.0. The number of benzene rings is 2. The Morgan fingerprint density at radius 3 is 2.77 bits per heavy atom. The number of hydrogen-bond donors (Lipinski definition) is 0. The second kappa shape index (κ2) is 7.98. The summed E-state index contributed by atoms with van der Waals surface area (Å²) in [6.07, 6.45) is 0.741. The molecule has 0 amide bonds. The third kappa shape index (κ3) is 3.87. The van der Waals surface area contributed by atoms with E-state index in [1.165, 1.54) is 4.31 Å². The van der Waals surface area contributed by atoms with Gasteiger partial charge < -0.3 is 18.9 Å². The van der Waals surface area contributed by atoms with Gasteiger partial charge in [0.2, 0.25) is 16.8 Å². The lowest BCUT2D eigenvalue weighted by Gasteiger charge is -2.32. The Kier molecular flexibility index (Phi) is 5.29. The molecule has 9 heteroatoms. The number of rotatable bonds is 5. The van der Waals surface area contributed by atoms with E-state index in [0.717, 1.165) is 36.6 Å². The predicted octanol–water partition coefficient (Wildman–Crippen LogP) is 2.09. The molecule has 166 valence electrons. The molecule has 0 saturated carbocycles. The van der Waals surface area contributed by atoms with E-state index in [1.54, 1.807) is 25.3 Å². The molecule has 5 rings (SSSR count). The molecule has 0 aromatic heterocycles. The Balaban J connectivity index is 1.40. The first-order valence-corrected chi connectivity index (χ1v) is 11.8. The zero-order chi connectivity index (χ0) is 21.5. The lowest BCUT2D eigenvalue weighted by molar-refractivity contribution is 0.0533. The van der Waals surface area contributed by atoms with Crippen molar-refractivity contribution >= 4 is 10.0 Å². The quantitative estimate of drug-likeness (QED) is 0.696. The number of likely N-dealkylation sites (tertiary alicyclic amines) is 1. The maximum atomic E-state index is 13.3. The monoisotopic (exact) mass is 446 g/mol. The van der Waals surface area contributed by atoms with Crippen molar-refractivity contribution in [3.63, 3.8) is 0 Å². The normalized spacial score (nSPS) is 24.7. The summed E-state index contributed by atoms with van der Waals surface area (Å²) in [5, 5.41) is 0. The van der Waals surface area contributed by atoms with Crippen molar-refractivity contribution < 1.29 is 27.4 Å². The van der Waals surface area contributed by atoms with Gasteiger partial charge in [-0.25, -0.2) is 8.42 Å². The van der Waals surface area contributed by atoms with E-state index in [9.17, 15) is 8.42 Å². The minimum Gasteiger partial charge on any atom is -0.483 e. The van der Waals surface area contributed by atoms with E-state index in [4.69, 9.17) is 18.9 Å². The minimum absolute atomic E-state index is 0.220. The minimum atomic E-state index is -3.66. The first kappa shape index (κ1) is 20.6. The van der Waals surface area contributed by atoms with E-state index in [-0.39, 0.29) is 11.7 Å².